The van der Waals surface area contributed by atoms with Gasteiger partial charge in [0.1, 0.15) is 0 Å². The predicted octanol–water partition coefficient (Wildman–Crippen LogP) is 0.881. The Morgan fingerprint density at radius 1 is 0.812 bits per heavy atom. The number of hydrogen-bond acceptors (Lipinski definition) is 4. The van der Waals surface area contributed by atoms with Crippen LogP contribution in [-0.4, -0.2) is 50.7 Å². The summed E-state index contributed by atoms with van der Waals surface area (Å²) in [7, 11) is 0. The summed E-state index contributed by atoms with van der Waals surface area (Å²) in [6.07, 6.45) is 2.09. The zero-order valence-corrected chi connectivity index (χ0v) is 10.6. The standard InChI is InChI=1S/C12H24N4/c1-11-10-12(2)16-9-7-14-5-3-4-13-6-8-15-11/h13-14H,3-10H2,1-2H3. The topological polar surface area (TPSA) is 48.8 Å². The quantitative estimate of drug-likeness (QED) is 0.642. The molecule has 16 heavy (non-hydrogen) atoms. The van der Waals surface area contributed by atoms with Crippen molar-refractivity contribution < 1.29 is 0 Å². The fraction of sp³-hybridized carbons (Fsp3) is 0.833. The molecule has 4 nitrogen and oxygen atoms in total. The van der Waals surface area contributed by atoms with E-state index in [1.54, 1.807) is 0 Å². The number of nitrogens with one attached hydrogen (secondary N) is 2. The van der Waals surface area contributed by atoms with Crippen LogP contribution in [0.5, 0.6) is 0 Å². The van der Waals surface area contributed by atoms with E-state index in [2.05, 4.69) is 34.5 Å². The molecule has 0 spiro atoms. The molecule has 4 heteroatoms. The lowest BCUT2D eigenvalue weighted by Crippen LogP contribution is -2.25. The predicted molar refractivity (Wildman–Crippen MR) is 70.9 cm³/mol. The van der Waals surface area contributed by atoms with Crippen molar-refractivity contribution in [2.24, 2.45) is 9.98 Å². The lowest BCUT2D eigenvalue weighted by Gasteiger charge is -2.07. The van der Waals surface area contributed by atoms with Crippen molar-refractivity contribution in [2.45, 2.75) is 26.7 Å². The number of aliphatic imine (C=N–C) groups is 2. The second kappa shape index (κ2) is 8.42. The Kier molecular flexibility index (Phi) is 7.01. The van der Waals surface area contributed by atoms with Crippen molar-refractivity contribution in [2.75, 3.05) is 39.3 Å². The normalized spacial score (nSPS) is 21.9. The third kappa shape index (κ3) is 6.69. The Labute approximate surface area is 98.6 Å². The van der Waals surface area contributed by atoms with E-state index in [4.69, 9.17) is 0 Å². The molecule has 1 rings (SSSR count). The van der Waals surface area contributed by atoms with Crippen molar-refractivity contribution in [3.05, 3.63) is 0 Å². The van der Waals surface area contributed by atoms with Crippen molar-refractivity contribution in [1.29, 1.82) is 0 Å². The third-order valence-corrected chi connectivity index (χ3v) is 2.56. The highest BCUT2D eigenvalue weighted by molar-refractivity contribution is 6.02. The summed E-state index contributed by atoms with van der Waals surface area (Å²) in [5.41, 5.74) is 2.38. The van der Waals surface area contributed by atoms with Gasteiger partial charge in [0.25, 0.3) is 0 Å². The van der Waals surface area contributed by atoms with Crippen LogP contribution in [0.25, 0.3) is 0 Å². The van der Waals surface area contributed by atoms with Crippen molar-refractivity contribution in [3.63, 3.8) is 0 Å². The molecule has 2 N–H and O–H groups in total. The highest BCUT2D eigenvalue weighted by Crippen LogP contribution is 1.92. The highest BCUT2D eigenvalue weighted by atomic mass is 14.9. The first-order valence-electron chi connectivity index (χ1n) is 6.20. The van der Waals surface area contributed by atoms with Crippen LogP contribution in [0.3, 0.4) is 0 Å². The molecule has 0 aromatic heterocycles. The van der Waals surface area contributed by atoms with Gasteiger partial charge < -0.3 is 10.6 Å². The maximum Gasteiger partial charge on any atom is 0.0513 e. The first kappa shape index (κ1) is 13.3. The van der Waals surface area contributed by atoms with Gasteiger partial charge in [0.05, 0.1) is 13.1 Å². The van der Waals surface area contributed by atoms with Gasteiger partial charge >= 0.3 is 0 Å². The van der Waals surface area contributed by atoms with Gasteiger partial charge in [-0.3, -0.25) is 9.98 Å². The Morgan fingerprint density at radius 3 is 1.81 bits per heavy atom. The minimum atomic E-state index is 0.881. The van der Waals surface area contributed by atoms with Gasteiger partial charge in [-0.15, -0.1) is 0 Å². The second-order valence-corrected chi connectivity index (χ2v) is 4.26. The zero-order valence-electron chi connectivity index (χ0n) is 10.6. The lowest BCUT2D eigenvalue weighted by atomic mass is 10.2. The summed E-state index contributed by atoms with van der Waals surface area (Å²) in [5, 5.41) is 6.79. The van der Waals surface area contributed by atoms with Crippen LogP contribution < -0.4 is 10.6 Å². The Balaban J connectivity index is 2.41. The molecular weight excluding hydrogens is 200 g/mol. The molecule has 0 aromatic rings. The van der Waals surface area contributed by atoms with Gasteiger partial charge in [-0.05, 0) is 33.4 Å². The Bertz CT molecular complexity index is 221. The summed E-state index contributed by atoms with van der Waals surface area (Å²) in [6, 6.07) is 0. The van der Waals surface area contributed by atoms with Gasteiger partial charge in [0.2, 0.25) is 0 Å². The SMILES string of the molecule is CC1=NCCNCCCNCCN=C(C)C1. The third-order valence-electron chi connectivity index (χ3n) is 2.56. The van der Waals surface area contributed by atoms with Gasteiger partial charge in [0.15, 0.2) is 0 Å². The van der Waals surface area contributed by atoms with Crippen LogP contribution in [0.15, 0.2) is 9.98 Å². The summed E-state index contributed by atoms with van der Waals surface area (Å²) in [5.74, 6) is 0. The molecule has 1 heterocycles. The lowest BCUT2D eigenvalue weighted by molar-refractivity contribution is 0.602. The molecule has 0 bridgehead atoms. The fourth-order valence-electron chi connectivity index (χ4n) is 1.72. The monoisotopic (exact) mass is 224 g/mol. The molecule has 92 valence electrons. The van der Waals surface area contributed by atoms with E-state index >= 15 is 0 Å². The zero-order chi connectivity index (χ0) is 11.6. The maximum atomic E-state index is 4.52. The molecule has 0 fully saturated rings. The van der Waals surface area contributed by atoms with E-state index in [0.29, 0.717) is 0 Å². The fourth-order valence-corrected chi connectivity index (χ4v) is 1.72. The van der Waals surface area contributed by atoms with Crippen molar-refractivity contribution >= 4 is 11.4 Å². The van der Waals surface area contributed by atoms with Gasteiger partial charge in [-0.1, -0.05) is 0 Å². The van der Waals surface area contributed by atoms with Crippen LogP contribution in [0.2, 0.25) is 0 Å². The van der Waals surface area contributed by atoms with Gasteiger partial charge in [-0.25, -0.2) is 0 Å². The van der Waals surface area contributed by atoms with Crippen LogP contribution in [-0.2, 0) is 0 Å². The molecule has 0 radical (unpaired) electrons. The van der Waals surface area contributed by atoms with Crippen LogP contribution in [0, 0.1) is 0 Å². The van der Waals surface area contributed by atoms with E-state index in [-0.39, 0.29) is 0 Å². The average Bonchev–Trinajstić information content (AvgIpc) is 2.25. The second-order valence-electron chi connectivity index (χ2n) is 4.26. The van der Waals surface area contributed by atoms with Crippen LogP contribution in [0.4, 0.5) is 0 Å². The van der Waals surface area contributed by atoms with E-state index in [9.17, 15) is 0 Å². The molecule has 0 atom stereocenters. The summed E-state index contributed by atoms with van der Waals surface area (Å²) >= 11 is 0. The minimum Gasteiger partial charge on any atom is -0.315 e. The van der Waals surface area contributed by atoms with E-state index in [1.807, 2.05) is 0 Å². The molecule has 0 aromatic carbocycles. The molecule has 0 amide bonds. The average molecular weight is 224 g/mol. The summed E-state index contributed by atoms with van der Waals surface area (Å²) < 4.78 is 0. The summed E-state index contributed by atoms with van der Waals surface area (Å²) in [4.78, 5) is 9.04. The van der Waals surface area contributed by atoms with Gasteiger partial charge in [-0.2, -0.15) is 0 Å². The first-order valence-corrected chi connectivity index (χ1v) is 6.20. The molecular formula is C12H24N4. The number of nitrogens with zero attached hydrogens (tertiary/aromatic N) is 2. The van der Waals surface area contributed by atoms with E-state index < -0.39 is 0 Å². The molecule has 0 saturated carbocycles. The largest absolute Gasteiger partial charge is 0.315 e. The van der Waals surface area contributed by atoms with Gasteiger partial charge in [0, 0.05) is 30.9 Å². The minimum absolute atomic E-state index is 0.881. The maximum absolute atomic E-state index is 4.52. The number of rotatable bonds is 0. The summed E-state index contributed by atoms with van der Waals surface area (Å²) in [6.45, 7) is 10.0. The smallest absolute Gasteiger partial charge is 0.0513 e. The molecule has 1 aliphatic rings. The van der Waals surface area contributed by atoms with Crippen molar-refractivity contribution in [3.8, 4) is 0 Å². The highest BCUT2D eigenvalue weighted by Gasteiger charge is 1.97. The van der Waals surface area contributed by atoms with E-state index in [1.165, 1.54) is 17.8 Å². The van der Waals surface area contributed by atoms with Crippen LogP contribution >= 0.6 is 0 Å². The molecule has 0 aliphatic carbocycles. The Morgan fingerprint density at radius 2 is 1.31 bits per heavy atom. The molecule has 1 aliphatic heterocycles. The van der Waals surface area contributed by atoms with E-state index in [0.717, 1.165) is 45.7 Å². The van der Waals surface area contributed by atoms with Crippen molar-refractivity contribution in [1.82, 2.24) is 10.6 Å². The number of hydrogen-bond donors (Lipinski definition) is 2. The first-order chi connectivity index (χ1) is 7.79. The molecule has 0 unspecified atom stereocenters. The molecule has 0 saturated heterocycles. The van der Waals surface area contributed by atoms with Crippen LogP contribution in [0.1, 0.15) is 26.7 Å². The Hall–Kier alpha value is -0.740.